The molecule has 0 unspecified atom stereocenters. The summed E-state index contributed by atoms with van der Waals surface area (Å²) in [5, 5.41) is 0. The smallest absolute Gasteiger partial charge is 0.308 e. The van der Waals surface area contributed by atoms with Crippen molar-refractivity contribution in [3.05, 3.63) is 72.3 Å². The molecule has 0 aromatic heterocycles. The molecule has 0 amide bonds. The number of carbonyl (C=O) groups is 1. The minimum atomic E-state index is -3.73. The molecule has 4 rings (SSSR count). The van der Waals surface area contributed by atoms with Gasteiger partial charge < -0.3 is 4.74 Å². The molecule has 0 bridgehead atoms. The zero-order valence-corrected chi connectivity index (χ0v) is 15.9. The molecule has 2 fully saturated rings. The van der Waals surface area contributed by atoms with Crippen LogP contribution in [0, 0.1) is 6.92 Å². The third-order valence-corrected chi connectivity index (χ3v) is 7.43. The van der Waals surface area contributed by atoms with Crippen LogP contribution in [0.5, 0.6) is 0 Å². The minimum absolute atomic E-state index is 0.0386. The third-order valence-electron chi connectivity index (χ3n) is 5.51. The molecule has 2 aliphatic heterocycles. The van der Waals surface area contributed by atoms with Crippen LogP contribution in [0.4, 0.5) is 0 Å². The first-order chi connectivity index (χ1) is 12.8. The maximum absolute atomic E-state index is 13.2. The van der Waals surface area contributed by atoms with Gasteiger partial charge in [-0.25, -0.2) is 8.42 Å². The number of carbonyl (C=O) groups excluding carboxylic acids is 1. The summed E-state index contributed by atoms with van der Waals surface area (Å²) >= 11 is 0. The number of hydrogen-bond donors (Lipinski definition) is 0. The number of rotatable bonds is 4. The second-order valence-electron chi connectivity index (χ2n) is 7.11. The molecule has 2 saturated heterocycles. The van der Waals surface area contributed by atoms with Gasteiger partial charge in [0.15, 0.2) is 5.60 Å². The summed E-state index contributed by atoms with van der Waals surface area (Å²) in [7, 11) is -3.73. The highest BCUT2D eigenvalue weighted by molar-refractivity contribution is 7.89. The van der Waals surface area contributed by atoms with Gasteiger partial charge in [0.2, 0.25) is 10.0 Å². The van der Waals surface area contributed by atoms with Crippen LogP contribution in [0.15, 0.2) is 66.1 Å². The Hall–Kier alpha value is -2.44. The normalized spacial score (nSPS) is 25.2. The topological polar surface area (TPSA) is 63.7 Å². The largest absolute Gasteiger partial charge is 0.452 e. The lowest BCUT2D eigenvalue weighted by Crippen LogP contribution is -2.44. The Morgan fingerprint density at radius 2 is 1.81 bits per heavy atom. The molecule has 2 atom stereocenters. The van der Waals surface area contributed by atoms with E-state index >= 15 is 0 Å². The van der Waals surface area contributed by atoms with E-state index in [1.165, 1.54) is 4.31 Å². The molecule has 0 N–H and O–H groups in total. The van der Waals surface area contributed by atoms with Gasteiger partial charge in [-0.15, -0.1) is 0 Å². The number of hydrogen-bond acceptors (Lipinski definition) is 4. The molecular weight excluding hydrogens is 362 g/mol. The van der Waals surface area contributed by atoms with Crippen molar-refractivity contribution in [2.45, 2.75) is 36.3 Å². The molecule has 6 heteroatoms. The van der Waals surface area contributed by atoms with Crippen molar-refractivity contribution in [2.75, 3.05) is 6.54 Å². The monoisotopic (exact) mass is 383 g/mol. The van der Waals surface area contributed by atoms with E-state index in [-0.39, 0.29) is 17.3 Å². The van der Waals surface area contributed by atoms with E-state index < -0.39 is 21.7 Å². The van der Waals surface area contributed by atoms with Crippen molar-refractivity contribution in [1.82, 2.24) is 4.31 Å². The standard InChI is InChI=1S/C21H21NO4S/c1-15-8-10-18(11-9-15)27(24,25)22-13-12-21(19(22)14-20(23)26-21)16(2)17-6-4-3-5-7-17/h3-11,19H,2,12-14H2,1H3/t19-,21+/m1/s1. The van der Waals surface area contributed by atoms with E-state index in [0.29, 0.717) is 18.5 Å². The number of esters is 1. The second kappa shape index (κ2) is 6.32. The summed E-state index contributed by atoms with van der Waals surface area (Å²) in [5.41, 5.74) is 1.49. The molecule has 5 nitrogen and oxygen atoms in total. The molecule has 2 heterocycles. The Kier molecular flexibility index (Phi) is 4.20. The van der Waals surface area contributed by atoms with Gasteiger partial charge >= 0.3 is 5.97 Å². The molecule has 0 radical (unpaired) electrons. The molecular formula is C21H21NO4S. The van der Waals surface area contributed by atoms with Crippen LogP contribution < -0.4 is 0 Å². The van der Waals surface area contributed by atoms with Gasteiger partial charge in [0, 0.05) is 13.0 Å². The SMILES string of the molecule is C=C(c1ccccc1)[C@@]12CCN(S(=O)(=O)c3ccc(C)cc3)[C@@H]1CC(=O)O2. The van der Waals surface area contributed by atoms with E-state index in [1.54, 1.807) is 24.3 Å². The lowest BCUT2D eigenvalue weighted by Gasteiger charge is -2.31. The highest BCUT2D eigenvalue weighted by atomic mass is 32.2. The van der Waals surface area contributed by atoms with E-state index in [4.69, 9.17) is 4.74 Å². The zero-order chi connectivity index (χ0) is 19.2. The molecule has 0 saturated carbocycles. The Morgan fingerprint density at radius 1 is 1.15 bits per heavy atom. The average molecular weight is 383 g/mol. The quantitative estimate of drug-likeness (QED) is 0.761. The predicted octanol–water partition coefficient (Wildman–Crippen LogP) is 3.16. The van der Waals surface area contributed by atoms with Crippen molar-refractivity contribution < 1.29 is 17.9 Å². The lowest BCUT2D eigenvalue weighted by atomic mass is 9.83. The van der Waals surface area contributed by atoms with Crippen LogP contribution in [-0.2, 0) is 19.6 Å². The second-order valence-corrected chi connectivity index (χ2v) is 9.00. The van der Waals surface area contributed by atoms with Gasteiger partial charge in [0.25, 0.3) is 0 Å². The molecule has 2 aromatic rings. The molecule has 140 valence electrons. The number of fused-ring (bicyclic) bond motifs is 1. The molecule has 2 aromatic carbocycles. The van der Waals surface area contributed by atoms with Crippen LogP contribution in [0.3, 0.4) is 0 Å². The first-order valence-corrected chi connectivity index (χ1v) is 10.3. The van der Waals surface area contributed by atoms with Gasteiger partial charge in [-0.2, -0.15) is 4.31 Å². The van der Waals surface area contributed by atoms with Crippen molar-refractivity contribution in [3.8, 4) is 0 Å². The Morgan fingerprint density at radius 3 is 2.48 bits per heavy atom. The van der Waals surface area contributed by atoms with Crippen LogP contribution >= 0.6 is 0 Å². The van der Waals surface area contributed by atoms with E-state index in [0.717, 1.165) is 11.1 Å². The molecule has 0 spiro atoms. The van der Waals surface area contributed by atoms with Gasteiger partial charge in [-0.3, -0.25) is 4.79 Å². The van der Waals surface area contributed by atoms with Crippen LogP contribution in [0.1, 0.15) is 24.0 Å². The molecule has 27 heavy (non-hydrogen) atoms. The molecule has 0 aliphatic carbocycles. The Bertz CT molecular complexity index is 998. The van der Waals surface area contributed by atoms with Crippen molar-refractivity contribution in [1.29, 1.82) is 0 Å². The van der Waals surface area contributed by atoms with Gasteiger partial charge in [-0.1, -0.05) is 54.6 Å². The van der Waals surface area contributed by atoms with Gasteiger partial charge in [0.1, 0.15) is 0 Å². The summed E-state index contributed by atoms with van der Waals surface area (Å²) in [6.07, 6.45) is 0.444. The number of aryl methyl sites for hydroxylation is 1. The summed E-state index contributed by atoms with van der Waals surface area (Å²) in [6, 6.07) is 15.7. The average Bonchev–Trinajstić information content (AvgIpc) is 3.17. The summed E-state index contributed by atoms with van der Waals surface area (Å²) < 4.78 is 33.6. The zero-order valence-electron chi connectivity index (χ0n) is 15.1. The summed E-state index contributed by atoms with van der Waals surface area (Å²) in [5.74, 6) is -0.388. The van der Waals surface area contributed by atoms with Crippen LogP contribution in [0.25, 0.3) is 5.57 Å². The fraction of sp³-hybridized carbons (Fsp3) is 0.286. The fourth-order valence-electron chi connectivity index (χ4n) is 4.05. The number of sulfonamides is 1. The number of ether oxygens (including phenoxy) is 1. The fourth-order valence-corrected chi connectivity index (χ4v) is 5.71. The summed E-state index contributed by atoms with van der Waals surface area (Å²) in [6.45, 7) is 6.38. The lowest BCUT2D eigenvalue weighted by molar-refractivity contribution is -0.144. The highest BCUT2D eigenvalue weighted by Gasteiger charge is 2.60. The first-order valence-electron chi connectivity index (χ1n) is 8.90. The highest BCUT2D eigenvalue weighted by Crippen LogP contribution is 2.49. The van der Waals surface area contributed by atoms with E-state index in [1.807, 2.05) is 37.3 Å². The van der Waals surface area contributed by atoms with E-state index in [2.05, 4.69) is 6.58 Å². The van der Waals surface area contributed by atoms with Crippen LogP contribution in [-0.4, -0.2) is 36.9 Å². The summed E-state index contributed by atoms with van der Waals surface area (Å²) in [4.78, 5) is 12.4. The minimum Gasteiger partial charge on any atom is -0.452 e. The Labute approximate surface area is 159 Å². The maximum Gasteiger partial charge on any atom is 0.308 e. The van der Waals surface area contributed by atoms with E-state index in [9.17, 15) is 13.2 Å². The number of nitrogens with zero attached hydrogens (tertiary/aromatic N) is 1. The van der Waals surface area contributed by atoms with Gasteiger partial charge in [0.05, 0.1) is 17.4 Å². The third kappa shape index (κ3) is 2.80. The van der Waals surface area contributed by atoms with Crippen molar-refractivity contribution in [3.63, 3.8) is 0 Å². The van der Waals surface area contributed by atoms with Crippen molar-refractivity contribution in [2.24, 2.45) is 0 Å². The van der Waals surface area contributed by atoms with Gasteiger partial charge in [-0.05, 0) is 30.2 Å². The number of benzene rings is 2. The van der Waals surface area contributed by atoms with Crippen molar-refractivity contribution >= 4 is 21.6 Å². The van der Waals surface area contributed by atoms with Crippen LogP contribution in [0.2, 0.25) is 0 Å². The molecule has 2 aliphatic rings. The Balaban J connectivity index is 1.73. The first kappa shape index (κ1) is 17.9. The maximum atomic E-state index is 13.2. The predicted molar refractivity (Wildman–Crippen MR) is 102 cm³/mol.